The molecule has 0 amide bonds. The minimum Gasteiger partial charge on any atom is -0.361 e. The second kappa shape index (κ2) is 8.48. The summed E-state index contributed by atoms with van der Waals surface area (Å²) in [5.41, 5.74) is 2.55. The topological polar surface area (TPSA) is 44.1 Å². The van der Waals surface area contributed by atoms with E-state index in [0.29, 0.717) is 16.6 Å². The zero-order valence-electron chi connectivity index (χ0n) is 16.1. The quantitative estimate of drug-likeness (QED) is 0.489. The molecule has 4 nitrogen and oxygen atoms in total. The number of nitrogens with zero attached hydrogens (tertiary/aromatic N) is 2. The molecule has 3 rings (SSSR count). The van der Waals surface area contributed by atoms with Crippen LogP contribution in [0.5, 0.6) is 0 Å². The molecule has 0 aliphatic carbocycles. The molecule has 0 N–H and O–H groups in total. The number of aromatic nitrogens is 2. The van der Waals surface area contributed by atoms with E-state index in [1.54, 1.807) is 13.8 Å². The molecule has 0 bridgehead atoms. The summed E-state index contributed by atoms with van der Waals surface area (Å²) in [6.07, 6.45) is 0. The predicted molar refractivity (Wildman–Crippen MR) is 113 cm³/mol. The molecule has 0 spiro atoms. The molecule has 0 fully saturated rings. The molecule has 2 aromatic carbocycles. The van der Waals surface area contributed by atoms with Crippen molar-refractivity contribution in [3.05, 3.63) is 75.9 Å². The highest BCUT2D eigenvalue weighted by molar-refractivity contribution is 6.33. The third kappa shape index (κ3) is 4.64. The maximum atomic E-state index is 11.7. The van der Waals surface area contributed by atoms with Gasteiger partial charge in [-0.1, -0.05) is 59.6 Å². The fraction of sp³-hybridized carbons (Fsp3) is 0.273. The largest absolute Gasteiger partial charge is 0.361 e. The van der Waals surface area contributed by atoms with Gasteiger partial charge in [0, 0.05) is 15.6 Å². The monoisotopic (exact) mass is 416 g/mol. The number of halogens is 2. The summed E-state index contributed by atoms with van der Waals surface area (Å²) in [6.45, 7) is 5.75. The number of hydrogen-bond acceptors (Lipinski definition) is 3. The second-order valence-corrected chi connectivity index (χ2v) is 7.92. The van der Waals surface area contributed by atoms with Crippen LogP contribution in [0, 0.1) is 0 Å². The molecule has 0 unspecified atom stereocenters. The van der Waals surface area contributed by atoms with Crippen molar-refractivity contribution in [2.24, 2.45) is 0 Å². The first-order valence-electron chi connectivity index (χ1n) is 8.98. The molecule has 0 saturated carbocycles. The highest BCUT2D eigenvalue weighted by atomic mass is 35.5. The van der Waals surface area contributed by atoms with Crippen LogP contribution in [0.4, 0.5) is 0 Å². The van der Waals surface area contributed by atoms with Gasteiger partial charge in [-0.15, -0.1) is 0 Å². The van der Waals surface area contributed by atoms with Crippen LogP contribution >= 0.6 is 23.2 Å². The number of hydrogen-bond donors (Lipinski definition) is 0. The van der Waals surface area contributed by atoms with E-state index in [2.05, 4.69) is 5.10 Å². The molecule has 0 atom stereocenters. The lowest BCUT2D eigenvalue weighted by Gasteiger charge is -2.21. The number of carbonyl (C=O) groups excluding carboxylic acids is 1. The summed E-state index contributed by atoms with van der Waals surface area (Å²) in [4.78, 5) is 11.7. The van der Waals surface area contributed by atoms with E-state index in [1.807, 2.05) is 59.3 Å². The molecule has 146 valence electrons. The Bertz CT molecular complexity index is 996. The fourth-order valence-electron chi connectivity index (χ4n) is 2.69. The Labute approximate surface area is 175 Å². The van der Waals surface area contributed by atoms with Crippen molar-refractivity contribution in [1.29, 1.82) is 0 Å². The third-order valence-electron chi connectivity index (χ3n) is 4.69. The van der Waals surface area contributed by atoms with Crippen molar-refractivity contribution in [2.45, 2.75) is 39.5 Å². The van der Waals surface area contributed by atoms with Crippen molar-refractivity contribution >= 4 is 29.0 Å². The van der Waals surface area contributed by atoms with Crippen molar-refractivity contribution in [2.75, 3.05) is 0 Å². The van der Waals surface area contributed by atoms with E-state index in [4.69, 9.17) is 27.9 Å². The second-order valence-electron chi connectivity index (χ2n) is 7.10. The third-order valence-corrected chi connectivity index (χ3v) is 5.39. The van der Waals surface area contributed by atoms with Gasteiger partial charge >= 0.3 is 0 Å². The standard InChI is InChI=1S/C22H22Cl2N2O2/c1-15(27)22(2,3)28-14-17-12-21(18-9-5-7-11-20(18)24)26(25-17)13-16-8-4-6-10-19(16)23/h4-12H,13-14H2,1-3H3. The number of carbonyl (C=O) groups is 1. The highest BCUT2D eigenvalue weighted by Gasteiger charge is 2.25. The van der Waals surface area contributed by atoms with Crippen molar-refractivity contribution in [3.63, 3.8) is 0 Å². The molecule has 1 aromatic heterocycles. The number of Topliss-reactive ketones (excluding diaryl/α,β-unsaturated/α-hetero) is 1. The van der Waals surface area contributed by atoms with E-state index in [0.717, 1.165) is 22.5 Å². The van der Waals surface area contributed by atoms with Crippen LogP contribution in [0.15, 0.2) is 54.6 Å². The van der Waals surface area contributed by atoms with Crippen LogP contribution in [-0.2, 0) is 22.7 Å². The van der Waals surface area contributed by atoms with Gasteiger partial charge in [0.25, 0.3) is 0 Å². The zero-order chi connectivity index (χ0) is 20.3. The average molecular weight is 417 g/mol. The lowest BCUT2D eigenvalue weighted by atomic mass is 10.1. The number of ketones is 1. The van der Waals surface area contributed by atoms with Crippen LogP contribution in [-0.4, -0.2) is 21.2 Å². The molecule has 0 saturated heterocycles. The molecule has 0 radical (unpaired) electrons. The van der Waals surface area contributed by atoms with Crippen molar-refractivity contribution in [1.82, 2.24) is 9.78 Å². The van der Waals surface area contributed by atoms with Gasteiger partial charge in [0.15, 0.2) is 5.78 Å². The minimum atomic E-state index is -0.864. The van der Waals surface area contributed by atoms with Gasteiger partial charge in [-0.3, -0.25) is 9.48 Å². The molecule has 6 heteroatoms. The number of benzene rings is 2. The smallest absolute Gasteiger partial charge is 0.161 e. The number of rotatable bonds is 7. The van der Waals surface area contributed by atoms with E-state index >= 15 is 0 Å². The molecular formula is C22H22Cl2N2O2. The van der Waals surface area contributed by atoms with Gasteiger partial charge < -0.3 is 4.74 Å². The van der Waals surface area contributed by atoms with E-state index in [1.165, 1.54) is 6.92 Å². The molecule has 3 aromatic rings. The first-order valence-corrected chi connectivity index (χ1v) is 9.73. The molecular weight excluding hydrogens is 395 g/mol. The van der Waals surface area contributed by atoms with Gasteiger partial charge in [0.1, 0.15) is 5.60 Å². The van der Waals surface area contributed by atoms with Crippen LogP contribution < -0.4 is 0 Å². The summed E-state index contributed by atoms with van der Waals surface area (Å²) < 4.78 is 7.66. The predicted octanol–water partition coefficient (Wildman–Crippen LogP) is 5.79. The summed E-state index contributed by atoms with van der Waals surface area (Å²) in [5, 5.41) is 6.01. The molecule has 0 aliphatic rings. The minimum absolute atomic E-state index is 0.0330. The van der Waals surface area contributed by atoms with Crippen LogP contribution in [0.2, 0.25) is 10.0 Å². The van der Waals surface area contributed by atoms with Gasteiger partial charge in [-0.2, -0.15) is 5.10 Å². The molecule has 0 aliphatic heterocycles. The van der Waals surface area contributed by atoms with E-state index < -0.39 is 5.60 Å². The lowest BCUT2D eigenvalue weighted by molar-refractivity contribution is -0.139. The maximum Gasteiger partial charge on any atom is 0.161 e. The first-order chi connectivity index (χ1) is 13.3. The fourth-order valence-corrected chi connectivity index (χ4v) is 3.12. The number of ether oxygens (including phenoxy) is 1. The van der Waals surface area contributed by atoms with Crippen LogP contribution in [0.1, 0.15) is 32.0 Å². The van der Waals surface area contributed by atoms with Gasteiger partial charge in [0.2, 0.25) is 0 Å². The van der Waals surface area contributed by atoms with E-state index in [9.17, 15) is 4.79 Å². The van der Waals surface area contributed by atoms with E-state index in [-0.39, 0.29) is 12.4 Å². The Morgan fingerprint density at radius 1 is 1.07 bits per heavy atom. The van der Waals surface area contributed by atoms with Gasteiger partial charge in [0.05, 0.1) is 24.5 Å². The Kier molecular flexibility index (Phi) is 6.23. The molecule has 1 heterocycles. The Morgan fingerprint density at radius 3 is 2.36 bits per heavy atom. The summed E-state index contributed by atoms with van der Waals surface area (Å²) in [5.74, 6) is -0.0330. The summed E-state index contributed by atoms with van der Waals surface area (Å²) in [7, 11) is 0. The Morgan fingerprint density at radius 2 is 1.71 bits per heavy atom. The summed E-state index contributed by atoms with van der Waals surface area (Å²) >= 11 is 12.8. The average Bonchev–Trinajstić information content (AvgIpc) is 3.05. The first kappa shape index (κ1) is 20.6. The molecule has 28 heavy (non-hydrogen) atoms. The Balaban J connectivity index is 1.97. The normalized spacial score (nSPS) is 11.6. The van der Waals surface area contributed by atoms with Crippen LogP contribution in [0.25, 0.3) is 11.3 Å². The lowest BCUT2D eigenvalue weighted by Crippen LogP contribution is -2.32. The summed E-state index contributed by atoms with van der Waals surface area (Å²) in [6, 6.07) is 17.2. The van der Waals surface area contributed by atoms with Gasteiger partial charge in [-0.25, -0.2) is 0 Å². The highest BCUT2D eigenvalue weighted by Crippen LogP contribution is 2.30. The van der Waals surface area contributed by atoms with Crippen LogP contribution in [0.3, 0.4) is 0 Å². The SMILES string of the molecule is CC(=O)C(C)(C)OCc1cc(-c2ccccc2Cl)n(Cc2ccccc2Cl)n1. The zero-order valence-corrected chi connectivity index (χ0v) is 17.6. The van der Waals surface area contributed by atoms with Crippen molar-refractivity contribution < 1.29 is 9.53 Å². The van der Waals surface area contributed by atoms with Crippen molar-refractivity contribution in [3.8, 4) is 11.3 Å². The van der Waals surface area contributed by atoms with Gasteiger partial charge in [-0.05, 0) is 44.5 Å². The Hall–Kier alpha value is -2.14. The maximum absolute atomic E-state index is 11.7.